The minimum Gasteiger partial charge on any atom is -0.455 e. The van der Waals surface area contributed by atoms with Gasteiger partial charge in [-0.2, -0.15) is 0 Å². The standard InChI is InChI=1S/C44H28O/c1-3-14-29(15-4-1)32-26-27-40-39(28-32)43(44(45-40)38-25-13-19-30-16-7-8-20-33(30)38)42-36-23-11-9-21-34(36)41(31-17-5-2-6-18-31)35-22-10-12-24-37(35)42/h1-28H/i7D,8D,9D,10D,11D,12D,13D,16D,19D,20D,21D,22D,23D,24D,25D. The Hall–Kier alpha value is -5.92. The minimum absolute atomic E-state index is 0.0215. The molecule has 9 aromatic rings. The topological polar surface area (TPSA) is 13.1 Å². The van der Waals surface area contributed by atoms with E-state index in [4.69, 9.17) is 18.1 Å². The molecule has 0 amide bonds. The molecule has 9 rings (SSSR count). The van der Waals surface area contributed by atoms with Crippen LogP contribution in [-0.2, 0) is 0 Å². The van der Waals surface area contributed by atoms with Gasteiger partial charge in [0, 0.05) is 22.1 Å². The summed E-state index contributed by atoms with van der Waals surface area (Å²) in [5.74, 6) is -0.279. The number of hydrogen-bond acceptors (Lipinski definition) is 1. The SMILES string of the molecule is [2H]c1c([2H])c([2H])c2c(-c3oc4ccc(-c5ccccc5)cc4c3-c3c4c([2H])c([2H])c([2H])c([2H])c4c(-c4ccccc4)c4c([2H])c([2H])c([2H])c([2H])c34)c([2H])c([2H])c([2H])c2c1[2H]. The van der Waals surface area contributed by atoms with Gasteiger partial charge in [-0.05, 0) is 66.7 Å². The van der Waals surface area contributed by atoms with E-state index in [1.807, 2.05) is 30.3 Å². The lowest BCUT2D eigenvalue weighted by Gasteiger charge is -2.18. The van der Waals surface area contributed by atoms with Crippen molar-refractivity contribution in [2.45, 2.75) is 0 Å². The molecule has 0 radical (unpaired) electrons. The van der Waals surface area contributed by atoms with Gasteiger partial charge in [0.1, 0.15) is 11.3 Å². The van der Waals surface area contributed by atoms with Crippen LogP contribution in [0.5, 0.6) is 0 Å². The van der Waals surface area contributed by atoms with Crippen molar-refractivity contribution < 1.29 is 25.0 Å². The van der Waals surface area contributed by atoms with Crippen LogP contribution < -0.4 is 0 Å². The fraction of sp³-hybridized carbons (Fsp3) is 0. The summed E-state index contributed by atoms with van der Waals surface area (Å²) in [7, 11) is 0. The van der Waals surface area contributed by atoms with E-state index < -0.39 is 90.6 Å². The van der Waals surface area contributed by atoms with E-state index in [0.717, 1.165) is 5.56 Å². The molecule has 0 bridgehead atoms. The zero-order valence-corrected chi connectivity index (χ0v) is 23.4. The first-order chi connectivity index (χ1) is 28.6. The van der Waals surface area contributed by atoms with E-state index >= 15 is 0 Å². The Morgan fingerprint density at radius 2 is 0.956 bits per heavy atom. The van der Waals surface area contributed by atoms with Crippen molar-refractivity contribution >= 4 is 43.3 Å². The van der Waals surface area contributed by atoms with Gasteiger partial charge < -0.3 is 4.42 Å². The van der Waals surface area contributed by atoms with E-state index in [9.17, 15) is 6.85 Å². The maximum absolute atomic E-state index is 9.53. The van der Waals surface area contributed by atoms with Crippen molar-refractivity contribution in [2.24, 2.45) is 0 Å². The molecule has 8 aromatic carbocycles. The van der Waals surface area contributed by atoms with Gasteiger partial charge in [0.05, 0.1) is 20.6 Å². The number of benzene rings is 8. The zero-order chi connectivity index (χ0) is 42.8. The molecular weight excluding hydrogens is 544 g/mol. The molecule has 0 aliphatic heterocycles. The van der Waals surface area contributed by atoms with Gasteiger partial charge in [-0.25, -0.2) is 0 Å². The molecule has 0 aliphatic rings. The van der Waals surface area contributed by atoms with Gasteiger partial charge in [0.2, 0.25) is 0 Å². The number of fused-ring (bicyclic) bond motifs is 4. The molecule has 1 heteroatoms. The van der Waals surface area contributed by atoms with Crippen LogP contribution in [0.3, 0.4) is 0 Å². The van der Waals surface area contributed by atoms with Gasteiger partial charge in [-0.3, -0.25) is 0 Å². The summed E-state index contributed by atoms with van der Waals surface area (Å²) in [6.07, 6.45) is 0. The molecule has 0 aliphatic carbocycles. The largest absolute Gasteiger partial charge is 0.455 e. The fourth-order valence-corrected chi connectivity index (χ4v) is 6.08. The van der Waals surface area contributed by atoms with Crippen molar-refractivity contribution in [3.05, 3.63) is 169 Å². The van der Waals surface area contributed by atoms with Gasteiger partial charge in [0.25, 0.3) is 0 Å². The Kier molecular flexibility index (Phi) is 3.39. The van der Waals surface area contributed by atoms with Crippen molar-refractivity contribution in [1.29, 1.82) is 0 Å². The van der Waals surface area contributed by atoms with Crippen molar-refractivity contribution in [3.8, 4) is 44.7 Å². The lowest BCUT2D eigenvalue weighted by molar-refractivity contribution is 0.633. The van der Waals surface area contributed by atoms with Crippen LogP contribution in [0, 0.1) is 0 Å². The van der Waals surface area contributed by atoms with Crippen LogP contribution in [0.2, 0.25) is 0 Å². The van der Waals surface area contributed by atoms with E-state index in [1.54, 1.807) is 48.5 Å². The Labute approximate surface area is 282 Å². The highest BCUT2D eigenvalue weighted by atomic mass is 16.3. The molecule has 45 heavy (non-hydrogen) atoms. The van der Waals surface area contributed by atoms with Gasteiger partial charge in [0.15, 0.2) is 0 Å². The maximum atomic E-state index is 9.53. The predicted octanol–water partition coefficient (Wildman–Crippen LogP) is 12.6. The monoisotopic (exact) mass is 587 g/mol. The highest BCUT2D eigenvalue weighted by Crippen LogP contribution is 2.50. The van der Waals surface area contributed by atoms with Crippen LogP contribution in [-0.4, -0.2) is 0 Å². The van der Waals surface area contributed by atoms with E-state index in [1.165, 1.54) is 0 Å². The summed E-state index contributed by atoms with van der Waals surface area (Å²) in [6.45, 7) is 0. The van der Waals surface area contributed by atoms with E-state index in [0.29, 0.717) is 11.1 Å². The summed E-state index contributed by atoms with van der Waals surface area (Å²) >= 11 is 0. The Bertz CT molecular complexity index is 3270. The van der Waals surface area contributed by atoms with Crippen molar-refractivity contribution in [1.82, 2.24) is 0 Å². The molecule has 0 saturated heterocycles. The fourth-order valence-electron chi connectivity index (χ4n) is 6.08. The summed E-state index contributed by atoms with van der Waals surface area (Å²) in [5, 5.41) is -0.837. The second-order valence-corrected chi connectivity index (χ2v) is 10.5. The Balaban J connectivity index is 1.65. The molecule has 0 N–H and O–H groups in total. The molecule has 1 heterocycles. The quantitative estimate of drug-likeness (QED) is 0.187. The molecule has 210 valence electrons. The van der Waals surface area contributed by atoms with Crippen molar-refractivity contribution in [2.75, 3.05) is 0 Å². The minimum atomic E-state index is -0.683. The van der Waals surface area contributed by atoms with Crippen LogP contribution in [0.25, 0.3) is 88.0 Å². The van der Waals surface area contributed by atoms with Crippen molar-refractivity contribution in [3.63, 3.8) is 0 Å². The average molecular weight is 588 g/mol. The Morgan fingerprint density at radius 1 is 0.400 bits per heavy atom. The van der Waals surface area contributed by atoms with E-state index in [2.05, 4.69) is 0 Å². The van der Waals surface area contributed by atoms with Gasteiger partial charge >= 0.3 is 0 Å². The smallest absolute Gasteiger partial charge is 0.143 e. The third-order valence-electron chi connectivity index (χ3n) is 8.02. The summed E-state index contributed by atoms with van der Waals surface area (Å²) in [4.78, 5) is 0. The Morgan fingerprint density at radius 3 is 1.62 bits per heavy atom. The van der Waals surface area contributed by atoms with E-state index in [-0.39, 0.29) is 71.3 Å². The van der Waals surface area contributed by atoms with Crippen LogP contribution >= 0.6 is 0 Å². The highest BCUT2D eigenvalue weighted by molar-refractivity contribution is 6.25. The summed E-state index contributed by atoms with van der Waals surface area (Å²) < 4.78 is 142. The third-order valence-corrected chi connectivity index (χ3v) is 8.02. The first kappa shape index (κ1) is 14.7. The molecule has 0 atom stereocenters. The van der Waals surface area contributed by atoms with Crippen LogP contribution in [0.1, 0.15) is 20.6 Å². The maximum Gasteiger partial charge on any atom is 0.143 e. The second-order valence-electron chi connectivity index (χ2n) is 10.5. The molecule has 1 aromatic heterocycles. The molecule has 0 saturated carbocycles. The first-order valence-electron chi connectivity index (χ1n) is 21.7. The van der Waals surface area contributed by atoms with Crippen LogP contribution in [0.15, 0.2) is 174 Å². The number of hydrogen-bond donors (Lipinski definition) is 0. The highest BCUT2D eigenvalue weighted by Gasteiger charge is 2.25. The second kappa shape index (κ2) is 10.4. The number of rotatable bonds is 4. The molecule has 0 spiro atoms. The predicted molar refractivity (Wildman–Crippen MR) is 190 cm³/mol. The average Bonchev–Trinajstić information content (AvgIpc) is 3.63. The number of furan rings is 1. The third kappa shape index (κ3) is 4.09. The lowest BCUT2D eigenvalue weighted by Crippen LogP contribution is -1.92. The zero-order valence-electron chi connectivity index (χ0n) is 38.4. The van der Waals surface area contributed by atoms with Gasteiger partial charge in [-0.15, -0.1) is 0 Å². The normalized spacial score (nSPS) is 16.2. The van der Waals surface area contributed by atoms with Gasteiger partial charge in [-0.1, -0.05) is 157 Å². The molecule has 1 nitrogen and oxygen atoms in total. The summed E-state index contributed by atoms with van der Waals surface area (Å²) in [5.41, 5.74) is 1.62. The molecular formula is C44H28O. The van der Waals surface area contributed by atoms with Crippen LogP contribution in [0.4, 0.5) is 0 Å². The molecule has 0 unspecified atom stereocenters. The summed E-state index contributed by atoms with van der Waals surface area (Å²) in [6, 6.07) is 13.7. The lowest BCUT2D eigenvalue weighted by atomic mass is 9.84. The first-order valence-corrected chi connectivity index (χ1v) is 14.2. The molecule has 0 fully saturated rings.